The van der Waals surface area contributed by atoms with Crippen LogP contribution in [0.5, 0.6) is 11.5 Å². The summed E-state index contributed by atoms with van der Waals surface area (Å²) < 4.78 is 11.6. The fourth-order valence-corrected chi connectivity index (χ4v) is 3.68. The highest BCUT2D eigenvalue weighted by molar-refractivity contribution is 5.82. The normalized spacial score (nSPS) is 11.5. The SMILES string of the molecule is COc1cc2c(cc1OCc1ccccn1)Cc1c(-c3ccc(C#N)nc3)n[nH]c1-2. The summed E-state index contributed by atoms with van der Waals surface area (Å²) in [4.78, 5) is 8.46. The number of aromatic nitrogens is 4. The molecule has 5 rings (SSSR count). The van der Waals surface area contributed by atoms with Gasteiger partial charge in [0.05, 0.1) is 24.2 Å². The first-order valence-corrected chi connectivity index (χ1v) is 9.44. The van der Waals surface area contributed by atoms with Crippen LogP contribution < -0.4 is 9.47 Å². The van der Waals surface area contributed by atoms with E-state index in [1.807, 2.05) is 42.5 Å². The molecule has 1 aromatic carbocycles. The topological polar surface area (TPSA) is 96.7 Å². The Morgan fingerprint density at radius 1 is 1.13 bits per heavy atom. The van der Waals surface area contributed by atoms with Gasteiger partial charge >= 0.3 is 0 Å². The van der Waals surface area contributed by atoms with Crippen molar-refractivity contribution in [2.24, 2.45) is 0 Å². The highest BCUT2D eigenvalue weighted by atomic mass is 16.5. The van der Waals surface area contributed by atoms with Crippen LogP contribution in [0.3, 0.4) is 0 Å². The molecule has 0 saturated carbocycles. The fraction of sp³-hybridized carbons (Fsp3) is 0.130. The molecule has 0 saturated heterocycles. The van der Waals surface area contributed by atoms with Crippen LogP contribution >= 0.6 is 0 Å². The predicted molar refractivity (Wildman–Crippen MR) is 110 cm³/mol. The Balaban J connectivity index is 1.46. The predicted octanol–water partition coefficient (Wildman–Crippen LogP) is 3.90. The molecule has 146 valence electrons. The molecular formula is C23H17N5O2. The third-order valence-corrected chi connectivity index (χ3v) is 5.15. The molecule has 0 unspecified atom stereocenters. The van der Waals surface area contributed by atoms with E-state index in [4.69, 9.17) is 14.7 Å². The van der Waals surface area contributed by atoms with E-state index in [0.29, 0.717) is 23.8 Å². The van der Waals surface area contributed by atoms with Crippen molar-refractivity contribution in [3.63, 3.8) is 0 Å². The summed E-state index contributed by atoms with van der Waals surface area (Å²) in [6, 6.07) is 15.3. The summed E-state index contributed by atoms with van der Waals surface area (Å²) in [5.74, 6) is 1.34. The average molecular weight is 395 g/mol. The van der Waals surface area contributed by atoms with Crippen molar-refractivity contribution in [3.05, 3.63) is 77.4 Å². The Hall–Kier alpha value is -4.18. The number of hydrogen-bond donors (Lipinski definition) is 1. The van der Waals surface area contributed by atoms with Gasteiger partial charge in [0.2, 0.25) is 0 Å². The molecule has 7 nitrogen and oxygen atoms in total. The van der Waals surface area contributed by atoms with E-state index in [2.05, 4.69) is 20.2 Å². The van der Waals surface area contributed by atoms with Gasteiger partial charge in [-0.3, -0.25) is 10.1 Å². The number of H-pyrrole nitrogens is 1. The number of nitrogens with one attached hydrogen (secondary N) is 1. The number of benzene rings is 1. The Bertz CT molecular complexity index is 1260. The van der Waals surface area contributed by atoms with Crippen LogP contribution in [0.1, 0.15) is 22.5 Å². The van der Waals surface area contributed by atoms with E-state index in [1.165, 1.54) is 0 Å². The average Bonchev–Trinajstić information content (AvgIpc) is 3.36. The minimum Gasteiger partial charge on any atom is -0.493 e. The van der Waals surface area contributed by atoms with Crippen molar-refractivity contribution >= 4 is 0 Å². The lowest BCUT2D eigenvalue weighted by Gasteiger charge is -2.13. The molecule has 0 amide bonds. The third-order valence-electron chi connectivity index (χ3n) is 5.15. The Kier molecular flexibility index (Phi) is 4.37. The first-order chi connectivity index (χ1) is 14.8. The zero-order chi connectivity index (χ0) is 20.5. The zero-order valence-electron chi connectivity index (χ0n) is 16.2. The van der Waals surface area contributed by atoms with Gasteiger partial charge in [0.1, 0.15) is 18.4 Å². The van der Waals surface area contributed by atoms with Crippen LogP contribution in [0.25, 0.3) is 22.5 Å². The van der Waals surface area contributed by atoms with Gasteiger partial charge in [-0.2, -0.15) is 10.4 Å². The van der Waals surface area contributed by atoms with E-state index >= 15 is 0 Å². The molecule has 4 aromatic rings. The van der Waals surface area contributed by atoms with Gasteiger partial charge in [-0.15, -0.1) is 0 Å². The molecule has 0 bridgehead atoms. The monoisotopic (exact) mass is 395 g/mol. The summed E-state index contributed by atoms with van der Waals surface area (Å²) in [5, 5.41) is 16.6. The minimum atomic E-state index is 0.366. The maximum absolute atomic E-state index is 8.96. The van der Waals surface area contributed by atoms with Gasteiger partial charge < -0.3 is 9.47 Å². The number of ether oxygens (including phenoxy) is 2. The fourth-order valence-electron chi connectivity index (χ4n) is 3.68. The van der Waals surface area contributed by atoms with Crippen molar-refractivity contribution in [1.29, 1.82) is 5.26 Å². The Labute approximate surface area is 173 Å². The van der Waals surface area contributed by atoms with Crippen LogP contribution in [0.4, 0.5) is 0 Å². The summed E-state index contributed by atoms with van der Waals surface area (Å²) in [6.07, 6.45) is 4.15. The van der Waals surface area contributed by atoms with E-state index in [9.17, 15) is 0 Å². The van der Waals surface area contributed by atoms with Crippen LogP contribution in [0.15, 0.2) is 54.9 Å². The highest BCUT2D eigenvalue weighted by Crippen LogP contribution is 2.44. The first-order valence-electron chi connectivity index (χ1n) is 9.44. The number of rotatable bonds is 5. The van der Waals surface area contributed by atoms with Crippen LogP contribution in [-0.4, -0.2) is 27.3 Å². The number of nitriles is 1. The number of aromatic amines is 1. The van der Waals surface area contributed by atoms with E-state index < -0.39 is 0 Å². The van der Waals surface area contributed by atoms with Crippen molar-refractivity contribution in [3.8, 4) is 40.1 Å². The molecule has 30 heavy (non-hydrogen) atoms. The minimum absolute atomic E-state index is 0.366. The van der Waals surface area contributed by atoms with Gasteiger partial charge in [0.15, 0.2) is 11.5 Å². The smallest absolute Gasteiger partial charge is 0.162 e. The standard InChI is InChI=1S/C23H17N5O2/c1-29-20-10-18-15(9-21(20)30-13-17-4-2-3-7-25-17)8-19-22(27-28-23(18)19)14-5-6-16(11-24)26-12-14/h2-7,9-10,12H,8,13H2,1H3,(H,27,28). The van der Waals surface area contributed by atoms with E-state index in [0.717, 1.165) is 45.8 Å². The lowest BCUT2D eigenvalue weighted by molar-refractivity contribution is 0.280. The van der Waals surface area contributed by atoms with Crippen molar-refractivity contribution in [1.82, 2.24) is 20.2 Å². The second-order valence-electron chi connectivity index (χ2n) is 6.92. The largest absolute Gasteiger partial charge is 0.493 e. The Morgan fingerprint density at radius 3 is 2.80 bits per heavy atom. The summed E-state index contributed by atoms with van der Waals surface area (Å²) in [5.41, 5.74) is 7.20. The third kappa shape index (κ3) is 3.05. The number of fused-ring (bicyclic) bond motifs is 3. The van der Waals surface area contributed by atoms with Crippen LogP contribution in [0, 0.1) is 11.3 Å². The van der Waals surface area contributed by atoms with Crippen molar-refractivity contribution < 1.29 is 9.47 Å². The summed E-state index contributed by atoms with van der Waals surface area (Å²) in [7, 11) is 1.63. The second kappa shape index (κ2) is 7.33. The highest BCUT2D eigenvalue weighted by Gasteiger charge is 2.27. The Morgan fingerprint density at radius 2 is 2.07 bits per heavy atom. The molecular weight excluding hydrogens is 378 g/mol. The van der Waals surface area contributed by atoms with Crippen LogP contribution in [-0.2, 0) is 13.0 Å². The van der Waals surface area contributed by atoms with Gasteiger partial charge in [-0.1, -0.05) is 6.07 Å². The molecule has 7 heteroatoms. The van der Waals surface area contributed by atoms with E-state index in [-0.39, 0.29) is 0 Å². The summed E-state index contributed by atoms with van der Waals surface area (Å²) >= 11 is 0. The van der Waals surface area contributed by atoms with Crippen molar-refractivity contribution in [2.75, 3.05) is 7.11 Å². The number of pyridine rings is 2. The van der Waals surface area contributed by atoms with E-state index in [1.54, 1.807) is 25.6 Å². The van der Waals surface area contributed by atoms with Crippen LogP contribution in [0.2, 0.25) is 0 Å². The van der Waals surface area contributed by atoms with Gasteiger partial charge in [-0.05, 0) is 42.0 Å². The maximum atomic E-state index is 8.96. The van der Waals surface area contributed by atoms with Gasteiger partial charge in [0.25, 0.3) is 0 Å². The molecule has 0 atom stereocenters. The molecule has 1 N–H and O–H groups in total. The summed E-state index contributed by atoms with van der Waals surface area (Å²) in [6.45, 7) is 0.366. The van der Waals surface area contributed by atoms with Gasteiger partial charge in [-0.25, -0.2) is 4.98 Å². The van der Waals surface area contributed by atoms with Gasteiger partial charge in [0, 0.05) is 35.5 Å². The molecule has 1 aliphatic rings. The lowest BCUT2D eigenvalue weighted by atomic mass is 10.1. The molecule has 3 heterocycles. The lowest BCUT2D eigenvalue weighted by Crippen LogP contribution is -2.00. The molecule has 1 aliphatic carbocycles. The maximum Gasteiger partial charge on any atom is 0.162 e. The quantitative estimate of drug-likeness (QED) is 0.485. The molecule has 0 spiro atoms. The number of hydrogen-bond acceptors (Lipinski definition) is 6. The molecule has 0 radical (unpaired) electrons. The molecule has 0 fully saturated rings. The number of methoxy groups -OCH3 is 1. The molecule has 0 aliphatic heterocycles. The zero-order valence-corrected chi connectivity index (χ0v) is 16.2. The van der Waals surface area contributed by atoms with Crippen molar-refractivity contribution in [2.45, 2.75) is 13.0 Å². The molecule has 3 aromatic heterocycles. The first kappa shape index (κ1) is 17.9. The number of nitrogens with zero attached hydrogens (tertiary/aromatic N) is 4. The second-order valence-corrected chi connectivity index (χ2v) is 6.92.